The third-order valence-electron chi connectivity index (χ3n) is 10.6. The molecule has 3 fully saturated rings. The number of amides is 4. The summed E-state index contributed by atoms with van der Waals surface area (Å²) in [5, 5.41) is 21.2. The molecule has 1 aliphatic heterocycles. The van der Waals surface area contributed by atoms with Crippen LogP contribution in [0.3, 0.4) is 0 Å². The van der Waals surface area contributed by atoms with Gasteiger partial charge in [-0.05, 0) is 48.6 Å². The fourth-order valence-corrected chi connectivity index (χ4v) is 7.83. The number of fused-ring (bicyclic) bond motifs is 1. The van der Waals surface area contributed by atoms with Crippen LogP contribution in [0.4, 0.5) is 9.93 Å². The Balaban J connectivity index is 1.31. The number of carboxylic acid groups (broad SMARTS) is 1. The lowest BCUT2D eigenvalue weighted by atomic mass is 9.85. The molecule has 4 amide bonds. The van der Waals surface area contributed by atoms with E-state index in [-0.39, 0.29) is 36.8 Å². The van der Waals surface area contributed by atoms with Crippen LogP contribution in [0.2, 0.25) is 0 Å². The maximum absolute atomic E-state index is 14.5. The van der Waals surface area contributed by atoms with Crippen molar-refractivity contribution in [2.24, 2.45) is 16.7 Å². The topological polar surface area (TPSA) is 198 Å². The Labute approximate surface area is 335 Å². The van der Waals surface area contributed by atoms with Gasteiger partial charge in [0.1, 0.15) is 47.0 Å². The fraction of sp³-hybridized carbons (Fsp3) is 0.537. The summed E-state index contributed by atoms with van der Waals surface area (Å²) in [6, 6.07) is 4.82. The van der Waals surface area contributed by atoms with Crippen LogP contribution in [-0.2, 0) is 23.9 Å². The van der Waals surface area contributed by atoms with Gasteiger partial charge in [0.15, 0.2) is 5.13 Å². The first-order chi connectivity index (χ1) is 26.8. The molecule has 3 heterocycles. The number of methoxy groups -OCH3 is 1. The van der Waals surface area contributed by atoms with Crippen LogP contribution in [0.1, 0.15) is 80.1 Å². The SMILES string of the molecule is C=CC1CC1(NC(=O)C1CC(Oc2cc(-c3csc(NC(=O)CC(C)(C)C)n3)nc3cc(OC)ccc23)CN1C(=O)C(NC(=O)OC1CCC1)C(C)(C)C)C(=O)O. The first kappa shape index (κ1) is 41.4. The summed E-state index contributed by atoms with van der Waals surface area (Å²) in [6.07, 6.45) is 2.79. The largest absolute Gasteiger partial charge is 0.497 e. The number of hydrogen-bond donors (Lipinski definition) is 4. The van der Waals surface area contributed by atoms with Gasteiger partial charge >= 0.3 is 12.1 Å². The Morgan fingerprint density at radius 2 is 1.81 bits per heavy atom. The van der Waals surface area contributed by atoms with Gasteiger partial charge < -0.3 is 40.2 Å². The summed E-state index contributed by atoms with van der Waals surface area (Å²) >= 11 is 1.26. The number of alkyl carbamates (subject to hydrolysis) is 1. The van der Waals surface area contributed by atoms with Crippen LogP contribution < -0.4 is 25.4 Å². The Kier molecular flexibility index (Phi) is 11.6. The number of likely N-dealkylation sites (tertiary alicyclic amines) is 1. The number of aromatic nitrogens is 2. The van der Waals surface area contributed by atoms with E-state index in [1.54, 1.807) is 57.5 Å². The molecular weight excluding hydrogens is 753 g/mol. The van der Waals surface area contributed by atoms with E-state index in [2.05, 4.69) is 27.5 Å². The van der Waals surface area contributed by atoms with Gasteiger partial charge in [-0.3, -0.25) is 14.4 Å². The van der Waals surface area contributed by atoms with Crippen molar-refractivity contribution in [2.45, 2.75) is 110 Å². The quantitative estimate of drug-likeness (QED) is 0.150. The third-order valence-corrected chi connectivity index (χ3v) is 11.3. The number of benzene rings is 1. The Hall–Kier alpha value is -5.25. The molecule has 5 atom stereocenters. The Morgan fingerprint density at radius 1 is 1.07 bits per heavy atom. The number of aliphatic carboxylic acids is 1. The summed E-state index contributed by atoms with van der Waals surface area (Å²) in [5.41, 5.74) is -1.06. The number of carbonyl (C=O) groups is 5. The first-order valence-electron chi connectivity index (χ1n) is 19.2. The molecule has 16 heteroatoms. The average Bonchev–Trinajstić information content (AvgIpc) is 3.39. The molecule has 6 rings (SSSR count). The van der Waals surface area contributed by atoms with Crippen molar-refractivity contribution in [3.05, 3.63) is 42.3 Å². The minimum Gasteiger partial charge on any atom is -0.497 e. The van der Waals surface area contributed by atoms with Crippen molar-refractivity contribution in [1.82, 2.24) is 25.5 Å². The second kappa shape index (κ2) is 15.9. The molecule has 1 aromatic carbocycles. The third kappa shape index (κ3) is 9.32. The number of hydrogen-bond acceptors (Lipinski definition) is 11. The van der Waals surface area contributed by atoms with Gasteiger partial charge in [-0.25, -0.2) is 19.6 Å². The monoisotopic (exact) mass is 804 g/mol. The molecule has 4 N–H and O–H groups in total. The zero-order chi connectivity index (χ0) is 41.4. The molecule has 306 valence electrons. The van der Waals surface area contributed by atoms with Crippen LogP contribution in [-0.4, -0.2) is 93.2 Å². The molecule has 57 heavy (non-hydrogen) atoms. The van der Waals surface area contributed by atoms with Gasteiger partial charge in [0.25, 0.3) is 0 Å². The maximum Gasteiger partial charge on any atom is 0.408 e. The lowest BCUT2D eigenvalue weighted by Crippen LogP contribution is -2.59. The van der Waals surface area contributed by atoms with Crippen LogP contribution in [0.15, 0.2) is 42.3 Å². The highest BCUT2D eigenvalue weighted by molar-refractivity contribution is 7.14. The van der Waals surface area contributed by atoms with Crippen LogP contribution in [0.25, 0.3) is 22.3 Å². The highest BCUT2D eigenvalue weighted by Crippen LogP contribution is 2.45. The summed E-state index contributed by atoms with van der Waals surface area (Å²) in [4.78, 5) is 77.5. The van der Waals surface area contributed by atoms with Crippen molar-refractivity contribution in [3.8, 4) is 22.9 Å². The van der Waals surface area contributed by atoms with E-state index < -0.39 is 58.9 Å². The minimum atomic E-state index is -1.53. The number of rotatable bonds is 13. The zero-order valence-corrected chi connectivity index (χ0v) is 34.3. The van der Waals surface area contributed by atoms with Crippen molar-refractivity contribution in [2.75, 3.05) is 19.0 Å². The van der Waals surface area contributed by atoms with Gasteiger partial charge in [-0.15, -0.1) is 17.9 Å². The van der Waals surface area contributed by atoms with Crippen molar-refractivity contribution in [3.63, 3.8) is 0 Å². The summed E-state index contributed by atoms with van der Waals surface area (Å²) < 4.78 is 17.7. The number of ether oxygens (including phenoxy) is 3. The van der Waals surface area contributed by atoms with E-state index >= 15 is 0 Å². The normalized spacial score (nSPS) is 22.5. The highest BCUT2D eigenvalue weighted by Gasteiger charge is 2.61. The predicted octanol–water partition coefficient (Wildman–Crippen LogP) is 5.93. The molecule has 2 aromatic heterocycles. The van der Waals surface area contributed by atoms with Crippen LogP contribution in [0, 0.1) is 16.7 Å². The molecule has 0 spiro atoms. The number of anilines is 1. The van der Waals surface area contributed by atoms with E-state index in [1.165, 1.54) is 22.3 Å². The van der Waals surface area contributed by atoms with E-state index in [0.29, 0.717) is 45.3 Å². The molecule has 5 unspecified atom stereocenters. The molecule has 3 aromatic rings. The Bertz CT molecular complexity index is 2070. The van der Waals surface area contributed by atoms with Crippen molar-refractivity contribution >= 4 is 57.2 Å². The average molecular weight is 805 g/mol. The van der Waals surface area contributed by atoms with E-state index in [1.807, 2.05) is 20.8 Å². The first-order valence-corrected chi connectivity index (χ1v) is 20.0. The molecule has 2 aliphatic carbocycles. The molecule has 1 saturated heterocycles. The van der Waals surface area contributed by atoms with Gasteiger partial charge in [0.05, 0.1) is 24.9 Å². The molecule has 0 bridgehead atoms. The number of carboxylic acids is 1. The minimum absolute atomic E-state index is 0.0192. The van der Waals surface area contributed by atoms with Gasteiger partial charge in [0.2, 0.25) is 17.7 Å². The predicted molar refractivity (Wildman–Crippen MR) is 214 cm³/mol. The smallest absolute Gasteiger partial charge is 0.408 e. The summed E-state index contributed by atoms with van der Waals surface area (Å²) in [6.45, 7) is 15.0. The van der Waals surface area contributed by atoms with E-state index in [9.17, 15) is 29.1 Å². The lowest BCUT2D eigenvalue weighted by Gasteiger charge is -2.36. The van der Waals surface area contributed by atoms with Crippen molar-refractivity contribution < 1.29 is 43.3 Å². The molecule has 15 nitrogen and oxygen atoms in total. The standard InChI is InChI=1S/C41H52N6O9S/c1-9-22-18-41(22,36(51)52)46-34(49)30-16-25(20-47(30)35(50)33(40(5,6)7)45-38(53)56-23-11-10-12-23)55-31-17-28(42-27-15-24(54-8)13-14-26(27)31)29-21-57-37(43-29)44-32(48)19-39(2,3)4/h9,13-15,17,21-23,25,30,33H,1,10-12,16,18-20H2,2-8H3,(H,45,53)(H,46,49)(H,51,52)(H,43,44,48). The molecule has 2 saturated carbocycles. The molecule has 0 radical (unpaired) electrons. The number of pyridine rings is 1. The second-order valence-electron chi connectivity index (χ2n) is 17.4. The van der Waals surface area contributed by atoms with Crippen LogP contribution >= 0.6 is 11.3 Å². The number of carbonyl (C=O) groups excluding carboxylic acids is 4. The van der Waals surface area contributed by atoms with Crippen molar-refractivity contribution in [1.29, 1.82) is 0 Å². The van der Waals surface area contributed by atoms with Gasteiger partial charge in [0, 0.05) is 41.7 Å². The lowest BCUT2D eigenvalue weighted by molar-refractivity contribution is -0.146. The number of thiazole rings is 1. The van der Waals surface area contributed by atoms with Crippen LogP contribution in [0.5, 0.6) is 11.5 Å². The summed E-state index contributed by atoms with van der Waals surface area (Å²) in [5.74, 6) is -2.05. The zero-order valence-electron chi connectivity index (χ0n) is 33.5. The second-order valence-corrected chi connectivity index (χ2v) is 18.3. The summed E-state index contributed by atoms with van der Waals surface area (Å²) in [7, 11) is 1.55. The molecule has 3 aliphatic rings. The Morgan fingerprint density at radius 3 is 2.40 bits per heavy atom. The molecular formula is C41H52N6O9S. The number of nitrogens with zero attached hydrogens (tertiary/aromatic N) is 3. The van der Waals surface area contributed by atoms with Gasteiger partial charge in [-0.1, -0.05) is 47.6 Å². The fourth-order valence-electron chi connectivity index (χ4n) is 7.11. The van der Waals surface area contributed by atoms with Gasteiger partial charge in [-0.2, -0.15) is 0 Å². The maximum atomic E-state index is 14.5. The van der Waals surface area contributed by atoms with E-state index in [0.717, 1.165) is 19.3 Å². The highest BCUT2D eigenvalue weighted by atomic mass is 32.1. The number of nitrogens with one attached hydrogen (secondary N) is 3. The van der Waals surface area contributed by atoms with E-state index in [4.69, 9.17) is 19.2 Å².